The number of carbonyl (C=O) groups is 2. The van der Waals surface area contributed by atoms with Crippen LogP contribution in [0.15, 0.2) is 18.2 Å². The van der Waals surface area contributed by atoms with Gasteiger partial charge in [-0.05, 0) is 43.7 Å². The SMILES string of the molecule is COCCCC1CCCN(C(=O)CC(=O)Nc2ccc(OC)cc2OC)C1. The standard InChI is InChI=1S/C20H30N2O5/c1-25-11-5-7-15-6-4-10-22(14-15)20(24)13-19(23)21-17-9-8-16(26-2)12-18(17)27-3/h8-9,12,15H,4-7,10-11,13-14H2,1-3H3,(H,21,23). The van der Waals surface area contributed by atoms with Gasteiger partial charge in [-0.1, -0.05) is 0 Å². The van der Waals surface area contributed by atoms with E-state index in [0.29, 0.717) is 23.1 Å². The van der Waals surface area contributed by atoms with E-state index in [1.165, 1.54) is 7.11 Å². The van der Waals surface area contributed by atoms with Crippen molar-refractivity contribution in [3.05, 3.63) is 18.2 Å². The first-order valence-corrected chi connectivity index (χ1v) is 9.36. The molecule has 0 aliphatic carbocycles. The van der Waals surface area contributed by atoms with E-state index in [0.717, 1.165) is 45.4 Å². The number of methoxy groups -OCH3 is 3. The van der Waals surface area contributed by atoms with Crippen LogP contribution in [0.3, 0.4) is 0 Å². The molecule has 0 bridgehead atoms. The van der Waals surface area contributed by atoms with Gasteiger partial charge in [0.25, 0.3) is 0 Å². The monoisotopic (exact) mass is 378 g/mol. The minimum absolute atomic E-state index is 0.128. The average molecular weight is 378 g/mol. The van der Waals surface area contributed by atoms with E-state index in [-0.39, 0.29) is 18.2 Å². The van der Waals surface area contributed by atoms with Crippen LogP contribution in [-0.2, 0) is 14.3 Å². The molecule has 1 aromatic carbocycles. The number of nitrogens with zero attached hydrogens (tertiary/aromatic N) is 1. The number of carbonyl (C=O) groups excluding carboxylic acids is 2. The Morgan fingerprint density at radius 1 is 1.22 bits per heavy atom. The molecule has 1 fully saturated rings. The predicted octanol–water partition coefficient (Wildman–Crippen LogP) is 2.70. The van der Waals surface area contributed by atoms with Crippen molar-refractivity contribution in [2.75, 3.05) is 46.3 Å². The number of piperidine rings is 1. The molecule has 1 atom stereocenters. The summed E-state index contributed by atoms with van der Waals surface area (Å²) in [7, 11) is 4.78. The summed E-state index contributed by atoms with van der Waals surface area (Å²) in [5.41, 5.74) is 0.521. The zero-order chi connectivity index (χ0) is 19.6. The number of rotatable bonds is 9. The van der Waals surface area contributed by atoms with Crippen LogP contribution >= 0.6 is 0 Å². The van der Waals surface area contributed by atoms with Crippen molar-refractivity contribution in [3.63, 3.8) is 0 Å². The molecule has 1 N–H and O–H groups in total. The van der Waals surface area contributed by atoms with E-state index in [2.05, 4.69) is 5.32 Å². The van der Waals surface area contributed by atoms with E-state index in [9.17, 15) is 9.59 Å². The molecule has 0 radical (unpaired) electrons. The summed E-state index contributed by atoms with van der Waals surface area (Å²) in [6, 6.07) is 5.12. The molecular weight excluding hydrogens is 348 g/mol. The number of benzene rings is 1. The van der Waals surface area contributed by atoms with Gasteiger partial charge in [-0.25, -0.2) is 0 Å². The number of amides is 2. The third kappa shape index (κ3) is 6.43. The highest BCUT2D eigenvalue weighted by Gasteiger charge is 2.25. The van der Waals surface area contributed by atoms with E-state index >= 15 is 0 Å². The highest BCUT2D eigenvalue weighted by atomic mass is 16.5. The third-order valence-corrected chi connectivity index (χ3v) is 4.83. The van der Waals surface area contributed by atoms with Crippen molar-refractivity contribution in [2.24, 2.45) is 5.92 Å². The van der Waals surface area contributed by atoms with Gasteiger partial charge in [-0.15, -0.1) is 0 Å². The molecule has 2 amide bonds. The third-order valence-electron chi connectivity index (χ3n) is 4.83. The van der Waals surface area contributed by atoms with Crippen molar-refractivity contribution in [3.8, 4) is 11.5 Å². The highest BCUT2D eigenvalue weighted by Crippen LogP contribution is 2.29. The smallest absolute Gasteiger partial charge is 0.233 e. The van der Waals surface area contributed by atoms with Crippen LogP contribution < -0.4 is 14.8 Å². The lowest BCUT2D eigenvalue weighted by Crippen LogP contribution is -2.41. The molecule has 150 valence electrons. The molecule has 27 heavy (non-hydrogen) atoms. The lowest BCUT2D eigenvalue weighted by Gasteiger charge is -2.32. The lowest BCUT2D eigenvalue weighted by molar-refractivity contribution is -0.136. The van der Waals surface area contributed by atoms with E-state index in [4.69, 9.17) is 14.2 Å². The molecule has 0 spiro atoms. The Hall–Kier alpha value is -2.28. The molecule has 1 aromatic rings. The Morgan fingerprint density at radius 3 is 2.74 bits per heavy atom. The first kappa shape index (κ1) is 21.0. The topological polar surface area (TPSA) is 77.1 Å². The van der Waals surface area contributed by atoms with Gasteiger partial charge in [-0.3, -0.25) is 9.59 Å². The molecule has 1 aliphatic heterocycles. The van der Waals surface area contributed by atoms with Crippen molar-refractivity contribution >= 4 is 17.5 Å². The molecule has 7 nitrogen and oxygen atoms in total. The second-order valence-electron chi connectivity index (χ2n) is 6.77. The normalized spacial score (nSPS) is 16.7. The summed E-state index contributed by atoms with van der Waals surface area (Å²) >= 11 is 0. The van der Waals surface area contributed by atoms with Gasteiger partial charge < -0.3 is 24.4 Å². The Kier molecular flexibility index (Phi) is 8.39. The van der Waals surface area contributed by atoms with E-state index in [1.54, 1.807) is 32.4 Å². The fourth-order valence-electron chi connectivity index (χ4n) is 3.39. The number of likely N-dealkylation sites (tertiary alicyclic amines) is 1. The van der Waals surface area contributed by atoms with Crippen LogP contribution in [0.1, 0.15) is 32.1 Å². The van der Waals surface area contributed by atoms with E-state index < -0.39 is 0 Å². The van der Waals surface area contributed by atoms with Gasteiger partial charge in [0.15, 0.2) is 0 Å². The molecule has 7 heteroatoms. The summed E-state index contributed by atoms with van der Waals surface area (Å²) < 4.78 is 15.5. The van der Waals surface area contributed by atoms with Crippen molar-refractivity contribution in [2.45, 2.75) is 32.1 Å². The van der Waals surface area contributed by atoms with Crippen LogP contribution in [0, 0.1) is 5.92 Å². The maximum Gasteiger partial charge on any atom is 0.233 e. The molecule has 0 aromatic heterocycles. The van der Waals surface area contributed by atoms with Crippen LogP contribution in [0.5, 0.6) is 11.5 Å². The summed E-state index contributed by atoms with van der Waals surface area (Å²) in [5, 5.41) is 2.75. The van der Waals surface area contributed by atoms with Gasteiger partial charge in [0.2, 0.25) is 11.8 Å². The Balaban J connectivity index is 1.87. The Labute approximate surface area is 161 Å². The molecular formula is C20H30N2O5. The summed E-state index contributed by atoms with van der Waals surface area (Å²) in [4.78, 5) is 26.6. The van der Waals surface area contributed by atoms with Crippen LogP contribution in [0.2, 0.25) is 0 Å². The number of hydrogen-bond donors (Lipinski definition) is 1. The first-order valence-electron chi connectivity index (χ1n) is 9.36. The first-order chi connectivity index (χ1) is 13.1. The van der Waals surface area contributed by atoms with Gasteiger partial charge in [0, 0.05) is 32.9 Å². The number of hydrogen-bond acceptors (Lipinski definition) is 5. The maximum absolute atomic E-state index is 12.5. The Bertz CT molecular complexity index is 635. The van der Waals surface area contributed by atoms with Gasteiger partial charge in [0.1, 0.15) is 17.9 Å². The largest absolute Gasteiger partial charge is 0.497 e. The van der Waals surface area contributed by atoms with Crippen molar-refractivity contribution < 1.29 is 23.8 Å². The summed E-state index contributed by atoms with van der Waals surface area (Å²) in [6.07, 6.45) is 3.99. The molecule has 0 saturated carbocycles. The zero-order valence-electron chi connectivity index (χ0n) is 16.5. The fraction of sp³-hybridized carbons (Fsp3) is 0.600. The van der Waals surface area contributed by atoms with Gasteiger partial charge in [-0.2, -0.15) is 0 Å². The molecule has 2 rings (SSSR count). The highest BCUT2D eigenvalue weighted by molar-refractivity contribution is 6.04. The quantitative estimate of drug-likeness (QED) is 0.528. The predicted molar refractivity (Wildman–Crippen MR) is 103 cm³/mol. The van der Waals surface area contributed by atoms with Crippen LogP contribution in [-0.4, -0.2) is 57.7 Å². The number of anilines is 1. The van der Waals surface area contributed by atoms with Gasteiger partial charge >= 0.3 is 0 Å². The van der Waals surface area contributed by atoms with Gasteiger partial charge in [0.05, 0.1) is 19.9 Å². The number of ether oxygens (including phenoxy) is 3. The summed E-state index contributed by atoms with van der Waals surface area (Å²) in [6.45, 7) is 2.19. The average Bonchev–Trinajstić information content (AvgIpc) is 2.68. The molecule has 1 heterocycles. The van der Waals surface area contributed by atoms with Crippen molar-refractivity contribution in [1.29, 1.82) is 0 Å². The minimum atomic E-state index is -0.343. The number of nitrogens with one attached hydrogen (secondary N) is 1. The zero-order valence-corrected chi connectivity index (χ0v) is 16.5. The lowest BCUT2D eigenvalue weighted by atomic mass is 9.93. The van der Waals surface area contributed by atoms with Crippen LogP contribution in [0.25, 0.3) is 0 Å². The van der Waals surface area contributed by atoms with Crippen molar-refractivity contribution in [1.82, 2.24) is 4.90 Å². The maximum atomic E-state index is 12.5. The van der Waals surface area contributed by atoms with E-state index in [1.807, 2.05) is 4.90 Å². The second-order valence-corrected chi connectivity index (χ2v) is 6.77. The molecule has 1 saturated heterocycles. The Morgan fingerprint density at radius 2 is 2.04 bits per heavy atom. The summed E-state index contributed by atoms with van der Waals surface area (Å²) in [5.74, 6) is 1.14. The fourth-order valence-corrected chi connectivity index (χ4v) is 3.39. The molecule has 1 aliphatic rings. The van der Waals surface area contributed by atoms with Crippen LogP contribution in [0.4, 0.5) is 5.69 Å². The minimum Gasteiger partial charge on any atom is -0.497 e. The second kappa shape index (κ2) is 10.8. The molecule has 1 unspecified atom stereocenters.